The van der Waals surface area contributed by atoms with E-state index in [1.165, 1.54) is 0 Å². The van der Waals surface area contributed by atoms with Crippen LogP contribution in [0.1, 0.15) is 13.3 Å². The standard InChI is InChI=1S/C7H15NO3S/c1-3-8-5-4-7(6-8)11-12(2,9)10/h7H,3-6H2,1-2H3. The number of hydrogen-bond acceptors (Lipinski definition) is 4. The van der Waals surface area contributed by atoms with Crippen LogP contribution >= 0.6 is 0 Å². The first-order valence-electron chi connectivity index (χ1n) is 4.12. The summed E-state index contributed by atoms with van der Waals surface area (Å²) in [5.74, 6) is 0. The molecule has 0 saturated carbocycles. The maximum Gasteiger partial charge on any atom is 0.264 e. The smallest absolute Gasteiger partial charge is 0.264 e. The highest BCUT2D eigenvalue weighted by molar-refractivity contribution is 7.86. The lowest BCUT2D eigenvalue weighted by atomic mass is 10.3. The zero-order chi connectivity index (χ0) is 9.19. The first-order chi connectivity index (χ1) is 5.51. The van der Waals surface area contributed by atoms with Crippen molar-refractivity contribution in [2.75, 3.05) is 25.9 Å². The van der Waals surface area contributed by atoms with Crippen molar-refractivity contribution in [3.8, 4) is 0 Å². The van der Waals surface area contributed by atoms with Crippen molar-refractivity contribution in [1.82, 2.24) is 4.90 Å². The summed E-state index contributed by atoms with van der Waals surface area (Å²) in [5, 5.41) is 0. The number of rotatable bonds is 3. The van der Waals surface area contributed by atoms with E-state index in [-0.39, 0.29) is 6.10 Å². The van der Waals surface area contributed by atoms with Crippen LogP contribution in [0, 0.1) is 0 Å². The molecule has 1 unspecified atom stereocenters. The van der Waals surface area contributed by atoms with Crippen LogP contribution in [0.25, 0.3) is 0 Å². The SMILES string of the molecule is CCN1CCC(OS(C)(=O)=O)C1. The minimum atomic E-state index is -3.27. The average Bonchev–Trinajstić information content (AvgIpc) is 2.32. The van der Waals surface area contributed by atoms with E-state index in [9.17, 15) is 8.42 Å². The highest BCUT2D eigenvalue weighted by Crippen LogP contribution is 2.13. The number of likely N-dealkylation sites (N-methyl/N-ethyl adjacent to an activating group) is 1. The van der Waals surface area contributed by atoms with E-state index in [0.717, 1.165) is 32.3 Å². The van der Waals surface area contributed by atoms with Crippen molar-refractivity contribution in [2.24, 2.45) is 0 Å². The van der Waals surface area contributed by atoms with Gasteiger partial charge in [0.1, 0.15) is 0 Å². The van der Waals surface area contributed by atoms with Gasteiger partial charge in [-0.3, -0.25) is 4.18 Å². The van der Waals surface area contributed by atoms with E-state index in [4.69, 9.17) is 4.18 Å². The molecule has 1 saturated heterocycles. The molecule has 1 heterocycles. The molecule has 1 aliphatic heterocycles. The summed E-state index contributed by atoms with van der Waals surface area (Å²) in [5.41, 5.74) is 0. The monoisotopic (exact) mass is 193 g/mol. The zero-order valence-electron chi connectivity index (χ0n) is 7.49. The van der Waals surface area contributed by atoms with Crippen molar-refractivity contribution in [1.29, 1.82) is 0 Å². The van der Waals surface area contributed by atoms with Gasteiger partial charge in [0.2, 0.25) is 0 Å². The van der Waals surface area contributed by atoms with Gasteiger partial charge in [-0.15, -0.1) is 0 Å². The van der Waals surface area contributed by atoms with Crippen LogP contribution in [0.3, 0.4) is 0 Å². The highest BCUT2D eigenvalue weighted by Gasteiger charge is 2.24. The Labute approximate surface area is 73.6 Å². The summed E-state index contributed by atoms with van der Waals surface area (Å²) in [6.07, 6.45) is 1.79. The molecule has 12 heavy (non-hydrogen) atoms. The first kappa shape index (κ1) is 9.95. The van der Waals surface area contributed by atoms with Crippen molar-refractivity contribution < 1.29 is 12.6 Å². The van der Waals surface area contributed by atoms with E-state index in [1.54, 1.807) is 0 Å². The Hall–Kier alpha value is -0.130. The minimum absolute atomic E-state index is 0.125. The van der Waals surface area contributed by atoms with Crippen molar-refractivity contribution in [3.05, 3.63) is 0 Å². The Bertz CT molecular complexity index is 237. The molecule has 0 aromatic heterocycles. The summed E-state index contributed by atoms with van der Waals surface area (Å²) in [7, 11) is -3.27. The molecule has 5 heteroatoms. The molecule has 1 aliphatic rings. The Kier molecular flexibility index (Phi) is 3.09. The van der Waals surface area contributed by atoms with Gasteiger partial charge < -0.3 is 4.90 Å². The summed E-state index contributed by atoms with van der Waals surface area (Å²) in [4.78, 5) is 2.18. The molecule has 0 spiro atoms. The zero-order valence-corrected chi connectivity index (χ0v) is 8.30. The maximum absolute atomic E-state index is 10.7. The fraction of sp³-hybridized carbons (Fsp3) is 1.00. The van der Waals surface area contributed by atoms with Crippen LogP contribution in [0.5, 0.6) is 0 Å². The van der Waals surface area contributed by atoms with E-state index < -0.39 is 10.1 Å². The fourth-order valence-electron chi connectivity index (χ4n) is 1.41. The van der Waals surface area contributed by atoms with Gasteiger partial charge in [-0.25, -0.2) is 0 Å². The Balaban J connectivity index is 2.38. The molecule has 1 atom stereocenters. The lowest BCUT2D eigenvalue weighted by Crippen LogP contribution is -2.24. The molecule has 1 fully saturated rings. The molecule has 0 aliphatic carbocycles. The second-order valence-electron chi connectivity index (χ2n) is 3.10. The van der Waals surface area contributed by atoms with Crippen LogP contribution < -0.4 is 0 Å². The summed E-state index contributed by atoms with van der Waals surface area (Å²) >= 11 is 0. The second kappa shape index (κ2) is 3.72. The fourth-order valence-corrected chi connectivity index (χ4v) is 2.06. The van der Waals surface area contributed by atoms with Gasteiger partial charge in [-0.2, -0.15) is 8.42 Å². The van der Waals surface area contributed by atoms with E-state index >= 15 is 0 Å². The molecule has 1 rings (SSSR count). The molecular formula is C7H15NO3S. The predicted molar refractivity (Wildman–Crippen MR) is 46.4 cm³/mol. The maximum atomic E-state index is 10.7. The molecule has 0 radical (unpaired) electrons. The van der Waals surface area contributed by atoms with Crippen molar-refractivity contribution in [3.63, 3.8) is 0 Å². The third kappa shape index (κ3) is 3.08. The van der Waals surface area contributed by atoms with Gasteiger partial charge in [0, 0.05) is 13.1 Å². The van der Waals surface area contributed by atoms with Gasteiger partial charge in [-0.1, -0.05) is 6.92 Å². The lowest BCUT2D eigenvalue weighted by Gasteiger charge is -2.12. The highest BCUT2D eigenvalue weighted by atomic mass is 32.2. The van der Waals surface area contributed by atoms with Gasteiger partial charge in [0.25, 0.3) is 10.1 Å². The molecule has 4 nitrogen and oxygen atoms in total. The summed E-state index contributed by atoms with van der Waals surface area (Å²) in [6, 6.07) is 0. The van der Waals surface area contributed by atoms with E-state index in [2.05, 4.69) is 11.8 Å². The number of likely N-dealkylation sites (tertiary alicyclic amines) is 1. The van der Waals surface area contributed by atoms with E-state index in [0.29, 0.717) is 0 Å². The molecule has 0 aromatic carbocycles. The van der Waals surface area contributed by atoms with Gasteiger partial charge >= 0.3 is 0 Å². The second-order valence-corrected chi connectivity index (χ2v) is 4.70. The number of hydrogen-bond donors (Lipinski definition) is 0. The Morgan fingerprint density at radius 1 is 1.58 bits per heavy atom. The third-order valence-corrected chi connectivity index (χ3v) is 2.61. The van der Waals surface area contributed by atoms with Crippen molar-refractivity contribution >= 4 is 10.1 Å². The van der Waals surface area contributed by atoms with E-state index in [1.807, 2.05) is 0 Å². The topological polar surface area (TPSA) is 46.6 Å². The largest absolute Gasteiger partial charge is 0.301 e. The lowest BCUT2D eigenvalue weighted by molar-refractivity contribution is 0.211. The molecule has 0 bridgehead atoms. The predicted octanol–water partition coefficient (Wildman–Crippen LogP) is 0.0568. The Morgan fingerprint density at radius 3 is 2.67 bits per heavy atom. The van der Waals surface area contributed by atoms with Gasteiger partial charge in [0.15, 0.2) is 0 Å². The van der Waals surface area contributed by atoms with Crippen LogP contribution in [0.4, 0.5) is 0 Å². The average molecular weight is 193 g/mol. The third-order valence-electron chi connectivity index (χ3n) is 1.99. The number of nitrogens with zero attached hydrogens (tertiary/aromatic N) is 1. The molecule has 0 N–H and O–H groups in total. The molecule has 0 aromatic rings. The quantitative estimate of drug-likeness (QED) is 0.594. The Morgan fingerprint density at radius 2 is 2.25 bits per heavy atom. The van der Waals surface area contributed by atoms with Crippen LogP contribution in [-0.2, 0) is 14.3 Å². The minimum Gasteiger partial charge on any atom is -0.301 e. The van der Waals surface area contributed by atoms with Gasteiger partial charge in [-0.05, 0) is 13.0 Å². The van der Waals surface area contributed by atoms with Crippen LogP contribution in [0.2, 0.25) is 0 Å². The van der Waals surface area contributed by atoms with Crippen LogP contribution in [-0.4, -0.2) is 45.3 Å². The molecular weight excluding hydrogens is 178 g/mol. The summed E-state index contributed by atoms with van der Waals surface area (Å²) < 4.78 is 26.3. The normalized spacial score (nSPS) is 26.3. The summed E-state index contributed by atoms with van der Waals surface area (Å²) in [6.45, 7) is 4.70. The van der Waals surface area contributed by atoms with Crippen molar-refractivity contribution in [2.45, 2.75) is 19.4 Å². The first-order valence-corrected chi connectivity index (χ1v) is 5.93. The molecule has 0 amide bonds. The van der Waals surface area contributed by atoms with Crippen LogP contribution in [0.15, 0.2) is 0 Å². The van der Waals surface area contributed by atoms with Gasteiger partial charge in [0.05, 0.1) is 12.4 Å². The molecule has 72 valence electrons.